The average Bonchev–Trinajstić information content (AvgIpc) is 2.30. The van der Waals surface area contributed by atoms with Gasteiger partial charge in [-0.15, -0.1) is 6.58 Å². The Morgan fingerprint density at radius 2 is 2.06 bits per heavy atom. The average molecular weight is 260 g/mol. The zero-order valence-electron chi connectivity index (χ0n) is 8.92. The summed E-state index contributed by atoms with van der Waals surface area (Å²) >= 11 is 11.8. The maximum absolute atomic E-state index is 9.09. The highest BCUT2D eigenvalue weighted by molar-refractivity contribution is 6.42. The van der Waals surface area contributed by atoms with Crippen molar-refractivity contribution >= 4 is 23.2 Å². The van der Waals surface area contributed by atoms with Crippen LogP contribution < -0.4 is 5.73 Å². The molecule has 88 valence electrons. The van der Waals surface area contributed by atoms with Crippen molar-refractivity contribution in [2.45, 2.75) is 11.8 Å². The van der Waals surface area contributed by atoms with Crippen LogP contribution in [-0.2, 0) is 5.41 Å². The Morgan fingerprint density at radius 1 is 1.38 bits per heavy atom. The minimum Gasteiger partial charge on any atom is -0.396 e. The molecule has 1 atom stereocenters. The van der Waals surface area contributed by atoms with Gasteiger partial charge in [-0.05, 0) is 24.1 Å². The Labute approximate surface area is 106 Å². The number of hydrogen-bond donors (Lipinski definition) is 2. The van der Waals surface area contributed by atoms with Crippen molar-refractivity contribution in [3.8, 4) is 0 Å². The molecule has 0 aliphatic rings. The van der Waals surface area contributed by atoms with Crippen LogP contribution in [0.25, 0.3) is 0 Å². The van der Waals surface area contributed by atoms with Crippen molar-refractivity contribution in [1.82, 2.24) is 0 Å². The van der Waals surface area contributed by atoms with Gasteiger partial charge >= 0.3 is 0 Å². The molecule has 1 rings (SSSR count). The largest absolute Gasteiger partial charge is 0.396 e. The van der Waals surface area contributed by atoms with E-state index in [1.807, 2.05) is 6.07 Å². The van der Waals surface area contributed by atoms with Crippen LogP contribution in [0.15, 0.2) is 30.9 Å². The number of nitrogens with two attached hydrogens (primary N) is 1. The first-order chi connectivity index (χ1) is 7.59. The molecule has 0 aliphatic carbocycles. The Hall–Kier alpha value is -0.540. The molecule has 4 heteroatoms. The fraction of sp³-hybridized carbons (Fsp3) is 0.333. The summed E-state index contributed by atoms with van der Waals surface area (Å²) in [5.41, 5.74) is 6.25. The van der Waals surface area contributed by atoms with E-state index in [0.717, 1.165) is 5.56 Å². The summed E-state index contributed by atoms with van der Waals surface area (Å²) in [5, 5.41) is 10.1. The number of benzene rings is 1. The van der Waals surface area contributed by atoms with E-state index in [-0.39, 0.29) is 6.61 Å². The molecular weight excluding hydrogens is 245 g/mol. The van der Waals surface area contributed by atoms with Crippen LogP contribution >= 0.6 is 23.2 Å². The van der Waals surface area contributed by atoms with Crippen LogP contribution in [0.4, 0.5) is 0 Å². The van der Waals surface area contributed by atoms with E-state index >= 15 is 0 Å². The molecular formula is C12H15Cl2NO. The fourth-order valence-corrected chi connectivity index (χ4v) is 1.97. The molecule has 16 heavy (non-hydrogen) atoms. The Morgan fingerprint density at radius 3 is 2.50 bits per heavy atom. The molecule has 0 fully saturated rings. The summed E-state index contributed by atoms with van der Waals surface area (Å²) in [4.78, 5) is 0. The van der Waals surface area contributed by atoms with Gasteiger partial charge in [0.15, 0.2) is 0 Å². The van der Waals surface area contributed by atoms with E-state index in [1.54, 1.807) is 18.2 Å². The third-order valence-corrected chi connectivity index (χ3v) is 3.55. The SMILES string of the molecule is C=C[C@](CN)(CCO)c1ccc(Cl)c(Cl)c1. The second-order valence-electron chi connectivity index (χ2n) is 3.67. The topological polar surface area (TPSA) is 46.2 Å². The maximum Gasteiger partial charge on any atom is 0.0595 e. The smallest absolute Gasteiger partial charge is 0.0595 e. The molecule has 1 aromatic carbocycles. The lowest BCUT2D eigenvalue weighted by atomic mass is 9.78. The maximum atomic E-state index is 9.09. The number of rotatable bonds is 5. The number of aliphatic hydroxyl groups excluding tert-OH is 1. The highest BCUT2D eigenvalue weighted by atomic mass is 35.5. The van der Waals surface area contributed by atoms with Crippen molar-refractivity contribution < 1.29 is 5.11 Å². The first-order valence-electron chi connectivity index (χ1n) is 4.99. The summed E-state index contributed by atoms with van der Waals surface area (Å²) < 4.78 is 0. The Bertz CT molecular complexity index is 381. The van der Waals surface area contributed by atoms with Crippen LogP contribution in [0.3, 0.4) is 0 Å². The van der Waals surface area contributed by atoms with E-state index < -0.39 is 5.41 Å². The van der Waals surface area contributed by atoms with Crippen molar-refractivity contribution in [1.29, 1.82) is 0 Å². The normalized spacial score (nSPS) is 14.5. The van der Waals surface area contributed by atoms with Gasteiger partial charge in [-0.2, -0.15) is 0 Å². The Balaban J connectivity index is 3.20. The highest BCUT2D eigenvalue weighted by Crippen LogP contribution is 2.32. The number of aliphatic hydroxyl groups is 1. The molecule has 0 saturated carbocycles. The van der Waals surface area contributed by atoms with Crippen LogP contribution in [0.1, 0.15) is 12.0 Å². The van der Waals surface area contributed by atoms with Gasteiger partial charge in [0.25, 0.3) is 0 Å². The molecule has 0 saturated heterocycles. The summed E-state index contributed by atoms with van der Waals surface area (Å²) in [6.45, 7) is 4.20. The monoisotopic (exact) mass is 259 g/mol. The van der Waals surface area contributed by atoms with E-state index in [0.29, 0.717) is 23.0 Å². The second-order valence-corrected chi connectivity index (χ2v) is 4.48. The van der Waals surface area contributed by atoms with Gasteiger partial charge < -0.3 is 10.8 Å². The molecule has 2 nitrogen and oxygen atoms in total. The lowest BCUT2D eigenvalue weighted by Gasteiger charge is -2.29. The molecule has 0 spiro atoms. The van der Waals surface area contributed by atoms with Crippen LogP contribution in [0, 0.1) is 0 Å². The highest BCUT2D eigenvalue weighted by Gasteiger charge is 2.27. The van der Waals surface area contributed by atoms with Gasteiger partial charge in [0.1, 0.15) is 0 Å². The van der Waals surface area contributed by atoms with Crippen LogP contribution in [0.2, 0.25) is 10.0 Å². The van der Waals surface area contributed by atoms with E-state index in [9.17, 15) is 0 Å². The van der Waals surface area contributed by atoms with Gasteiger partial charge in [-0.1, -0.05) is 35.3 Å². The zero-order valence-corrected chi connectivity index (χ0v) is 10.4. The molecule has 0 aliphatic heterocycles. The molecule has 0 radical (unpaired) electrons. The molecule has 3 N–H and O–H groups in total. The minimum atomic E-state index is -0.441. The zero-order chi connectivity index (χ0) is 12.2. The third kappa shape index (κ3) is 2.58. The predicted molar refractivity (Wildman–Crippen MR) is 69.1 cm³/mol. The molecule has 0 amide bonds. The quantitative estimate of drug-likeness (QED) is 0.799. The number of hydrogen-bond acceptors (Lipinski definition) is 2. The van der Waals surface area contributed by atoms with Crippen molar-refractivity contribution in [2.75, 3.05) is 13.2 Å². The summed E-state index contributed by atoms with van der Waals surface area (Å²) in [6.07, 6.45) is 2.27. The Kier molecular flexibility index (Phi) is 4.81. The lowest BCUT2D eigenvalue weighted by molar-refractivity contribution is 0.258. The van der Waals surface area contributed by atoms with Crippen LogP contribution in [0.5, 0.6) is 0 Å². The molecule has 0 bridgehead atoms. The third-order valence-electron chi connectivity index (χ3n) is 2.81. The molecule has 0 aromatic heterocycles. The first kappa shape index (κ1) is 13.5. The first-order valence-corrected chi connectivity index (χ1v) is 5.75. The van der Waals surface area contributed by atoms with E-state index in [1.165, 1.54) is 0 Å². The second kappa shape index (κ2) is 5.69. The summed E-state index contributed by atoms with van der Waals surface area (Å²) in [7, 11) is 0. The lowest BCUT2D eigenvalue weighted by Crippen LogP contribution is -2.34. The fourth-order valence-electron chi connectivity index (χ4n) is 1.67. The van der Waals surface area contributed by atoms with Crippen molar-refractivity contribution in [2.24, 2.45) is 5.73 Å². The van der Waals surface area contributed by atoms with Gasteiger partial charge in [0.2, 0.25) is 0 Å². The number of halogens is 2. The molecule has 0 unspecified atom stereocenters. The predicted octanol–water partition coefficient (Wildman–Crippen LogP) is 2.76. The van der Waals surface area contributed by atoms with E-state index in [2.05, 4.69) is 6.58 Å². The van der Waals surface area contributed by atoms with E-state index in [4.69, 9.17) is 34.0 Å². The van der Waals surface area contributed by atoms with Crippen molar-refractivity contribution in [3.05, 3.63) is 46.5 Å². The summed E-state index contributed by atoms with van der Waals surface area (Å²) in [5.74, 6) is 0. The standard InChI is InChI=1S/C12H15Cl2NO/c1-2-12(8-15,5-6-16)9-3-4-10(13)11(14)7-9/h2-4,7,16H,1,5-6,8,15H2/t12-/m1/s1. The summed E-state index contributed by atoms with van der Waals surface area (Å²) in [6, 6.07) is 5.36. The van der Waals surface area contributed by atoms with Gasteiger partial charge in [-0.3, -0.25) is 0 Å². The van der Waals surface area contributed by atoms with Gasteiger partial charge in [0.05, 0.1) is 10.0 Å². The molecule has 1 aromatic rings. The molecule has 0 heterocycles. The minimum absolute atomic E-state index is 0.0451. The van der Waals surface area contributed by atoms with Gasteiger partial charge in [-0.25, -0.2) is 0 Å². The van der Waals surface area contributed by atoms with Gasteiger partial charge in [0, 0.05) is 18.6 Å². The van der Waals surface area contributed by atoms with Crippen LogP contribution in [-0.4, -0.2) is 18.3 Å². The van der Waals surface area contributed by atoms with Crippen molar-refractivity contribution in [3.63, 3.8) is 0 Å².